The van der Waals surface area contributed by atoms with E-state index in [1.807, 2.05) is 36.4 Å². The summed E-state index contributed by atoms with van der Waals surface area (Å²) >= 11 is 1.34. The van der Waals surface area contributed by atoms with Gasteiger partial charge in [-0.05, 0) is 36.4 Å². The Morgan fingerprint density at radius 2 is 1.97 bits per heavy atom. The molecule has 9 heteroatoms. The van der Waals surface area contributed by atoms with E-state index in [2.05, 4.69) is 20.2 Å². The standard InChI is InChI=1S/C20H16N6O2S/c1-28-14-8-6-13(7-9-14)18-23-20(25-24-18)29-12-17-22-16-5-3-2-4-15(16)19(27)26(17)11-10-21/h2-9H,11-12H2,1H3,(H,23,24,25). The van der Waals surface area contributed by atoms with Crippen LogP contribution in [-0.4, -0.2) is 31.8 Å². The highest BCUT2D eigenvalue weighted by Gasteiger charge is 2.13. The molecule has 2 aromatic carbocycles. The Bertz CT molecular complexity index is 1260. The number of hydrogen-bond donors (Lipinski definition) is 1. The molecule has 0 bridgehead atoms. The molecule has 144 valence electrons. The molecule has 0 radical (unpaired) electrons. The minimum Gasteiger partial charge on any atom is -0.497 e. The van der Waals surface area contributed by atoms with Crippen molar-refractivity contribution in [2.24, 2.45) is 0 Å². The Morgan fingerprint density at radius 3 is 2.72 bits per heavy atom. The van der Waals surface area contributed by atoms with Gasteiger partial charge in [-0.3, -0.25) is 14.5 Å². The van der Waals surface area contributed by atoms with Crippen LogP contribution in [0.1, 0.15) is 5.82 Å². The molecule has 0 unspecified atom stereocenters. The van der Waals surface area contributed by atoms with Crippen molar-refractivity contribution in [1.29, 1.82) is 5.26 Å². The third kappa shape index (κ3) is 3.83. The van der Waals surface area contributed by atoms with E-state index in [4.69, 9.17) is 10.00 Å². The van der Waals surface area contributed by atoms with Gasteiger partial charge in [0.1, 0.15) is 18.1 Å². The van der Waals surface area contributed by atoms with Gasteiger partial charge < -0.3 is 4.74 Å². The molecule has 29 heavy (non-hydrogen) atoms. The van der Waals surface area contributed by atoms with Crippen LogP contribution < -0.4 is 10.3 Å². The van der Waals surface area contributed by atoms with Crippen molar-refractivity contribution in [3.63, 3.8) is 0 Å². The Morgan fingerprint density at radius 1 is 1.17 bits per heavy atom. The van der Waals surface area contributed by atoms with Crippen molar-refractivity contribution < 1.29 is 4.74 Å². The van der Waals surface area contributed by atoms with E-state index < -0.39 is 0 Å². The van der Waals surface area contributed by atoms with Crippen LogP contribution in [0.5, 0.6) is 5.75 Å². The highest BCUT2D eigenvalue weighted by molar-refractivity contribution is 7.98. The van der Waals surface area contributed by atoms with Crippen molar-refractivity contribution in [2.75, 3.05) is 7.11 Å². The second kappa shape index (κ2) is 8.16. The summed E-state index contributed by atoms with van der Waals surface area (Å²) in [7, 11) is 1.62. The molecule has 0 amide bonds. The van der Waals surface area contributed by atoms with Crippen LogP contribution in [0.25, 0.3) is 22.3 Å². The Kier molecular flexibility index (Phi) is 5.27. The number of H-pyrrole nitrogens is 1. The molecule has 4 rings (SSSR count). The van der Waals surface area contributed by atoms with Gasteiger partial charge in [-0.2, -0.15) is 5.26 Å². The molecular formula is C20H16N6O2S. The maximum absolute atomic E-state index is 12.7. The molecule has 2 heterocycles. The number of rotatable bonds is 6. The summed E-state index contributed by atoms with van der Waals surface area (Å²) in [6.45, 7) is -0.0579. The Labute approximate surface area is 170 Å². The number of thioether (sulfide) groups is 1. The van der Waals surface area contributed by atoms with Crippen LogP contribution in [0.3, 0.4) is 0 Å². The number of fused-ring (bicyclic) bond motifs is 1. The van der Waals surface area contributed by atoms with Crippen LogP contribution in [0.15, 0.2) is 58.5 Å². The van der Waals surface area contributed by atoms with Gasteiger partial charge in [-0.15, -0.1) is 5.10 Å². The summed E-state index contributed by atoms with van der Waals surface area (Å²) < 4.78 is 6.56. The van der Waals surface area contributed by atoms with Crippen molar-refractivity contribution in [1.82, 2.24) is 24.7 Å². The molecule has 1 N–H and O–H groups in total. The number of benzene rings is 2. The lowest BCUT2D eigenvalue weighted by Gasteiger charge is -2.09. The summed E-state index contributed by atoms with van der Waals surface area (Å²) in [5, 5.41) is 17.3. The third-order valence-corrected chi connectivity index (χ3v) is 5.17. The second-order valence-electron chi connectivity index (χ2n) is 6.08. The third-order valence-electron chi connectivity index (χ3n) is 4.33. The van der Waals surface area contributed by atoms with Crippen LogP contribution in [0, 0.1) is 11.3 Å². The molecule has 0 aliphatic heterocycles. The molecule has 0 aliphatic carbocycles. The van der Waals surface area contributed by atoms with Crippen LogP contribution >= 0.6 is 11.8 Å². The van der Waals surface area contributed by atoms with Gasteiger partial charge in [-0.25, -0.2) is 9.97 Å². The average Bonchev–Trinajstić information content (AvgIpc) is 3.24. The molecule has 8 nitrogen and oxygen atoms in total. The maximum Gasteiger partial charge on any atom is 0.262 e. The van der Waals surface area contributed by atoms with Crippen molar-refractivity contribution in [2.45, 2.75) is 17.5 Å². The number of nitriles is 1. The first kappa shape index (κ1) is 18.7. The number of aromatic nitrogens is 5. The van der Waals surface area contributed by atoms with E-state index in [9.17, 15) is 4.79 Å². The number of para-hydroxylation sites is 1. The molecule has 2 aromatic heterocycles. The fourth-order valence-corrected chi connectivity index (χ4v) is 3.62. The van der Waals surface area contributed by atoms with Gasteiger partial charge in [0.15, 0.2) is 5.82 Å². The van der Waals surface area contributed by atoms with Gasteiger partial charge in [0.2, 0.25) is 5.16 Å². The topological polar surface area (TPSA) is 109 Å². The van der Waals surface area contributed by atoms with Crippen LogP contribution in [0.2, 0.25) is 0 Å². The first-order valence-corrected chi connectivity index (χ1v) is 9.73. The zero-order valence-corrected chi connectivity index (χ0v) is 16.3. The Hall–Kier alpha value is -3.64. The minimum atomic E-state index is -0.221. The van der Waals surface area contributed by atoms with Gasteiger partial charge >= 0.3 is 0 Å². The highest BCUT2D eigenvalue weighted by Crippen LogP contribution is 2.23. The molecule has 0 saturated carbocycles. The van der Waals surface area contributed by atoms with Crippen molar-refractivity contribution >= 4 is 22.7 Å². The number of nitrogens with zero attached hydrogens (tertiary/aromatic N) is 5. The monoisotopic (exact) mass is 404 g/mol. The normalized spacial score (nSPS) is 10.8. The SMILES string of the molecule is COc1ccc(-c2nc(SCc3nc4ccccc4c(=O)n3CC#N)n[nH]2)cc1. The largest absolute Gasteiger partial charge is 0.497 e. The second-order valence-corrected chi connectivity index (χ2v) is 7.02. The molecular weight excluding hydrogens is 388 g/mol. The summed E-state index contributed by atoms with van der Waals surface area (Å²) in [6.07, 6.45) is 0. The Balaban J connectivity index is 1.58. The highest BCUT2D eigenvalue weighted by atomic mass is 32.2. The van der Waals surface area contributed by atoms with Crippen LogP contribution in [0.4, 0.5) is 0 Å². The first-order valence-electron chi connectivity index (χ1n) is 8.74. The van der Waals surface area contributed by atoms with E-state index in [-0.39, 0.29) is 12.1 Å². The van der Waals surface area contributed by atoms with Gasteiger partial charge in [-0.1, -0.05) is 23.9 Å². The van der Waals surface area contributed by atoms with E-state index in [0.29, 0.717) is 33.5 Å². The lowest BCUT2D eigenvalue weighted by Crippen LogP contribution is -2.24. The van der Waals surface area contributed by atoms with E-state index >= 15 is 0 Å². The van der Waals surface area contributed by atoms with Gasteiger partial charge in [0.05, 0.1) is 29.8 Å². The van der Waals surface area contributed by atoms with Gasteiger partial charge in [0, 0.05) is 5.56 Å². The molecule has 0 saturated heterocycles. The summed E-state index contributed by atoms with van der Waals surface area (Å²) in [5.41, 5.74) is 1.27. The van der Waals surface area contributed by atoms with Gasteiger partial charge in [0.25, 0.3) is 5.56 Å². The van der Waals surface area contributed by atoms with E-state index in [1.165, 1.54) is 16.3 Å². The number of nitrogens with one attached hydrogen (secondary N) is 1. The minimum absolute atomic E-state index is 0.0579. The predicted octanol–water partition coefficient (Wildman–Crippen LogP) is 3.01. The number of hydrogen-bond acceptors (Lipinski definition) is 7. The number of ether oxygens (including phenoxy) is 1. The zero-order valence-electron chi connectivity index (χ0n) is 15.5. The van der Waals surface area contributed by atoms with Crippen molar-refractivity contribution in [3.05, 3.63) is 64.7 Å². The lowest BCUT2D eigenvalue weighted by atomic mass is 10.2. The van der Waals surface area contributed by atoms with Crippen molar-refractivity contribution in [3.8, 4) is 23.2 Å². The average molecular weight is 404 g/mol. The quantitative estimate of drug-likeness (QED) is 0.492. The molecule has 0 fully saturated rings. The smallest absolute Gasteiger partial charge is 0.262 e. The summed E-state index contributed by atoms with van der Waals surface area (Å²) in [4.78, 5) is 21.8. The lowest BCUT2D eigenvalue weighted by molar-refractivity contribution is 0.415. The van der Waals surface area contributed by atoms with E-state index in [1.54, 1.807) is 25.3 Å². The molecule has 0 spiro atoms. The first-order chi connectivity index (χ1) is 14.2. The maximum atomic E-state index is 12.7. The molecule has 0 aliphatic rings. The zero-order chi connectivity index (χ0) is 20.2. The summed E-state index contributed by atoms with van der Waals surface area (Å²) in [5.74, 6) is 2.27. The number of aromatic amines is 1. The fourth-order valence-electron chi connectivity index (χ4n) is 2.88. The summed E-state index contributed by atoms with van der Waals surface area (Å²) in [6, 6.07) is 16.6. The van der Waals surface area contributed by atoms with Crippen LogP contribution in [-0.2, 0) is 12.3 Å². The fraction of sp³-hybridized carbons (Fsp3) is 0.150. The predicted molar refractivity (Wildman–Crippen MR) is 110 cm³/mol. The van der Waals surface area contributed by atoms with E-state index in [0.717, 1.165) is 11.3 Å². The number of methoxy groups -OCH3 is 1. The molecule has 4 aromatic rings. The molecule has 0 atom stereocenters.